The lowest BCUT2D eigenvalue weighted by atomic mass is 10.1. The summed E-state index contributed by atoms with van der Waals surface area (Å²) >= 11 is 0. The van der Waals surface area contributed by atoms with Gasteiger partial charge in [-0.15, -0.1) is 0 Å². The standard InChI is InChI=1S/C18H21N7O4S/c1-12-7-11-25(23-12)18(27)24-30(28,29)14-4-2-13(3-5-14)6-8-22-17(26)15-16(19)21-10-9-20-15/h2-5,9-10H,6-8,11H2,1H3,(H2,19,21)(H,22,26)(H,24,27). The van der Waals surface area contributed by atoms with Gasteiger partial charge in [0.1, 0.15) is 0 Å². The molecule has 0 atom stereocenters. The number of hydrazone groups is 1. The van der Waals surface area contributed by atoms with Crippen molar-refractivity contribution >= 4 is 33.5 Å². The topological polar surface area (TPSA) is 160 Å². The van der Waals surface area contributed by atoms with Crippen LogP contribution in [0.25, 0.3) is 0 Å². The molecule has 1 aliphatic rings. The third kappa shape index (κ3) is 5.08. The number of amides is 3. The van der Waals surface area contributed by atoms with Crippen LogP contribution in [0.3, 0.4) is 0 Å². The van der Waals surface area contributed by atoms with Crippen molar-refractivity contribution in [1.29, 1.82) is 0 Å². The number of benzene rings is 1. The molecule has 12 heteroatoms. The van der Waals surface area contributed by atoms with E-state index in [-0.39, 0.29) is 16.4 Å². The van der Waals surface area contributed by atoms with Gasteiger partial charge in [-0.25, -0.2) is 32.9 Å². The van der Waals surface area contributed by atoms with Gasteiger partial charge in [-0.3, -0.25) is 4.79 Å². The van der Waals surface area contributed by atoms with Crippen LogP contribution in [0.1, 0.15) is 29.4 Å². The Bertz CT molecular complexity index is 1080. The minimum atomic E-state index is -4.02. The smallest absolute Gasteiger partial charge is 0.351 e. The zero-order chi connectivity index (χ0) is 21.7. The van der Waals surface area contributed by atoms with E-state index in [1.165, 1.54) is 24.5 Å². The molecule has 0 aliphatic carbocycles. The Balaban J connectivity index is 1.54. The van der Waals surface area contributed by atoms with Gasteiger partial charge in [0.2, 0.25) is 0 Å². The van der Waals surface area contributed by atoms with Crippen LogP contribution < -0.4 is 15.8 Å². The van der Waals surface area contributed by atoms with Crippen LogP contribution in [0.4, 0.5) is 10.6 Å². The molecule has 2 heterocycles. The number of rotatable bonds is 6. The molecule has 3 rings (SSSR count). The monoisotopic (exact) mass is 431 g/mol. The average molecular weight is 431 g/mol. The number of aromatic nitrogens is 2. The number of urea groups is 1. The van der Waals surface area contributed by atoms with Gasteiger partial charge >= 0.3 is 6.03 Å². The molecule has 1 aromatic carbocycles. The van der Waals surface area contributed by atoms with E-state index in [2.05, 4.69) is 20.4 Å². The maximum atomic E-state index is 12.4. The SMILES string of the molecule is CC1=NN(C(=O)NS(=O)(=O)c2ccc(CCNC(=O)c3nccnc3N)cc2)CC1. The molecule has 2 aromatic rings. The summed E-state index contributed by atoms with van der Waals surface area (Å²) in [5, 5.41) is 7.75. The average Bonchev–Trinajstić information content (AvgIpc) is 3.15. The predicted molar refractivity (Wildman–Crippen MR) is 109 cm³/mol. The maximum absolute atomic E-state index is 12.4. The van der Waals surface area contributed by atoms with Gasteiger partial charge in [-0.05, 0) is 31.0 Å². The summed E-state index contributed by atoms with van der Waals surface area (Å²) in [6.07, 6.45) is 3.84. The fourth-order valence-electron chi connectivity index (χ4n) is 2.71. The molecule has 4 N–H and O–H groups in total. The first-order valence-corrected chi connectivity index (χ1v) is 10.6. The van der Waals surface area contributed by atoms with E-state index in [1.807, 2.05) is 4.72 Å². The van der Waals surface area contributed by atoms with Crippen LogP contribution in [0, 0.1) is 0 Å². The first kappa shape index (κ1) is 21.2. The van der Waals surface area contributed by atoms with E-state index in [1.54, 1.807) is 19.1 Å². The lowest BCUT2D eigenvalue weighted by Gasteiger charge is -2.13. The summed E-state index contributed by atoms with van der Waals surface area (Å²) in [6, 6.07) is 5.22. The molecule has 0 unspecified atom stereocenters. The van der Waals surface area contributed by atoms with Crippen LogP contribution in [0.5, 0.6) is 0 Å². The third-order valence-corrected chi connectivity index (χ3v) is 5.64. The number of nitrogens with two attached hydrogens (primary N) is 1. The minimum absolute atomic E-state index is 0.0430. The summed E-state index contributed by atoms with van der Waals surface area (Å²) in [5.74, 6) is -0.399. The zero-order valence-electron chi connectivity index (χ0n) is 16.2. The molecule has 30 heavy (non-hydrogen) atoms. The summed E-state index contributed by atoms with van der Waals surface area (Å²) in [7, 11) is -4.02. The van der Waals surface area contributed by atoms with Gasteiger partial charge in [-0.2, -0.15) is 5.10 Å². The van der Waals surface area contributed by atoms with Crippen LogP contribution in [-0.2, 0) is 16.4 Å². The first-order chi connectivity index (χ1) is 14.3. The number of carbonyl (C=O) groups excluding carboxylic acids is 2. The van der Waals surface area contributed by atoms with E-state index >= 15 is 0 Å². The van der Waals surface area contributed by atoms with E-state index < -0.39 is 22.0 Å². The van der Waals surface area contributed by atoms with E-state index in [0.717, 1.165) is 16.3 Å². The van der Waals surface area contributed by atoms with E-state index in [0.29, 0.717) is 25.9 Å². The molecule has 0 saturated carbocycles. The molecule has 11 nitrogen and oxygen atoms in total. The molecule has 158 valence electrons. The quantitative estimate of drug-likeness (QED) is 0.601. The Morgan fingerprint density at radius 3 is 2.50 bits per heavy atom. The highest BCUT2D eigenvalue weighted by Crippen LogP contribution is 2.13. The highest BCUT2D eigenvalue weighted by Gasteiger charge is 2.24. The lowest BCUT2D eigenvalue weighted by molar-refractivity contribution is 0.0949. The fraction of sp³-hybridized carbons (Fsp3) is 0.278. The number of nitrogen functional groups attached to an aromatic ring is 1. The maximum Gasteiger partial charge on any atom is 0.351 e. The summed E-state index contributed by atoms with van der Waals surface area (Å²) < 4.78 is 26.8. The molecule has 3 amide bonds. The van der Waals surface area contributed by atoms with Crippen molar-refractivity contribution in [1.82, 2.24) is 25.0 Å². The molecule has 1 aromatic heterocycles. The highest BCUT2D eigenvalue weighted by molar-refractivity contribution is 7.90. The molecule has 0 radical (unpaired) electrons. The normalized spacial score (nSPS) is 13.6. The molecular formula is C18H21N7O4S. The van der Waals surface area contributed by atoms with Crippen molar-refractivity contribution in [2.24, 2.45) is 5.10 Å². The van der Waals surface area contributed by atoms with Gasteiger partial charge in [0.25, 0.3) is 15.9 Å². The van der Waals surface area contributed by atoms with Crippen molar-refractivity contribution in [2.45, 2.75) is 24.7 Å². The summed E-state index contributed by atoms with van der Waals surface area (Å²) in [6.45, 7) is 2.41. The molecule has 0 spiro atoms. The van der Waals surface area contributed by atoms with Gasteiger partial charge in [0.15, 0.2) is 11.5 Å². The van der Waals surface area contributed by atoms with Gasteiger partial charge < -0.3 is 11.1 Å². The Labute approximate surface area is 173 Å². The van der Waals surface area contributed by atoms with Crippen LogP contribution >= 0.6 is 0 Å². The van der Waals surface area contributed by atoms with E-state index in [9.17, 15) is 18.0 Å². The van der Waals surface area contributed by atoms with Crippen LogP contribution in [0.15, 0.2) is 46.7 Å². The van der Waals surface area contributed by atoms with Gasteiger partial charge in [0.05, 0.1) is 11.4 Å². The molecule has 0 saturated heterocycles. The second-order valence-corrected chi connectivity index (χ2v) is 8.24. The molecule has 0 fully saturated rings. The van der Waals surface area contributed by atoms with Crippen molar-refractivity contribution in [3.63, 3.8) is 0 Å². The fourth-order valence-corrected chi connectivity index (χ4v) is 3.66. The largest absolute Gasteiger partial charge is 0.382 e. The molecular weight excluding hydrogens is 410 g/mol. The van der Waals surface area contributed by atoms with Crippen LogP contribution in [0.2, 0.25) is 0 Å². The Morgan fingerprint density at radius 2 is 1.87 bits per heavy atom. The summed E-state index contributed by atoms with van der Waals surface area (Å²) in [4.78, 5) is 31.8. The number of nitrogens with one attached hydrogen (secondary N) is 2. The highest BCUT2D eigenvalue weighted by atomic mass is 32.2. The van der Waals surface area contributed by atoms with Crippen molar-refractivity contribution < 1.29 is 18.0 Å². The van der Waals surface area contributed by atoms with E-state index in [4.69, 9.17) is 5.73 Å². The number of hydrogen-bond acceptors (Lipinski definition) is 8. The molecule has 0 bridgehead atoms. The number of anilines is 1. The van der Waals surface area contributed by atoms with Gasteiger partial charge in [-0.1, -0.05) is 12.1 Å². The van der Waals surface area contributed by atoms with Crippen molar-refractivity contribution in [3.05, 3.63) is 47.9 Å². The summed E-state index contributed by atoms with van der Waals surface area (Å²) in [5.41, 5.74) is 7.22. The number of sulfonamides is 1. The second kappa shape index (κ2) is 8.86. The van der Waals surface area contributed by atoms with Gasteiger partial charge in [0, 0.05) is 31.1 Å². The Kier molecular flexibility index (Phi) is 6.26. The molecule has 1 aliphatic heterocycles. The van der Waals surface area contributed by atoms with Crippen molar-refractivity contribution in [2.75, 3.05) is 18.8 Å². The Hall–Kier alpha value is -3.54. The minimum Gasteiger partial charge on any atom is -0.382 e. The number of hydrogen-bond donors (Lipinski definition) is 3. The zero-order valence-corrected chi connectivity index (χ0v) is 17.0. The van der Waals surface area contributed by atoms with Crippen LogP contribution in [-0.4, -0.2) is 54.1 Å². The first-order valence-electron chi connectivity index (χ1n) is 9.08. The predicted octanol–water partition coefficient (Wildman–Crippen LogP) is 0.511. The Morgan fingerprint density at radius 1 is 1.17 bits per heavy atom. The van der Waals surface area contributed by atoms with Crippen molar-refractivity contribution in [3.8, 4) is 0 Å². The third-order valence-electron chi connectivity index (χ3n) is 4.31. The number of nitrogens with zero attached hydrogens (tertiary/aromatic N) is 4. The second-order valence-electron chi connectivity index (χ2n) is 6.56. The number of carbonyl (C=O) groups is 2. The lowest BCUT2D eigenvalue weighted by Crippen LogP contribution is -2.39.